The summed E-state index contributed by atoms with van der Waals surface area (Å²) in [5.74, 6) is -1.42. The zero-order chi connectivity index (χ0) is 28.6. The van der Waals surface area contributed by atoms with E-state index in [1.54, 1.807) is 36.4 Å². The Kier molecular flexibility index (Phi) is 7.92. The number of carboxylic acid groups (broad SMARTS) is 1. The highest BCUT2D eigenvalue weighted by Crippen LogP contribution is 2.41. The highest BCUT2D eigenvalue weighted by atomic mass is 35.5. The Hall–Kier alpha value is -3.37. The third-order valence-electron chi connectivity index (χ3n) is 6.86. The fraction of sp³-hybridized carbons (Fsp3) is 0.250. The van der Waals surface area contributed by atoms with Crippen LogP contribution in [-0.2, 0) is 5.60 Å². The number of ether oxygens (including phenoxy) is 1. The van der Waals surface area contributed by atoms with Crippen LogP contribution < -0.4 is 15.0 Å². The number of para-hydroxylation sites is 1. The zero-order valence-electron chi connectivity index (χ0n) is 20.9. The molecule has 1 saturated heterocycles. The molecular formula is C28H24Cl3FN4O4. The maximum Gasteiger partial charge on any atom is 0.337 e. The molecule has 208 valence electrons. The second-order valence-electron chi connectivity index (χ2n) is 9.73. The Morgan fingerprint density at radius 2 is 1.88 bits per heavy atom. The van der Waals surface area contributed by atoms with Gasteiger partial charge in [-0.05, 0) is 54.7 Å². The number of anilines is 2. The summed E-state index contributed by atoms with van der Waals surface area (Å²) in [6.07, 6.45) is 4.34. The van der Waals surface area contributed by atoms with Crippen LogP contribution in [0.3, 0.4) is 0 Å². The summed E-state index contributed by atoms with van der Waals surface area (Å²) in [6, 6.07) is 11.0. The standard InChI is InChI=1S/C28H24Cl3FN4O4/c29-20-2-1-3-21(30)25(20)35-24(18(10-33)15-4-5-15)12-40-17-6-7-19(22(31)9-17)28(39)13-36(14-28)26-23(32)8-16(11-34-26)27(37)38/h1-3,6-11,15,33,35,39H,4-5,12-14H2,(H,37,38)/b24-18+,33-10?. The first-order chi connectivity index (χ1) is 19.1. The van der Waals surface area contributed by atoms with Gasteiger partial charge in [-0.1, -0.05) is 46.9 Å². The molecule has 3 aromatic rings. The van der Waals surface area contributed by atoms with E-state index in [2.05, 4.69) is 10.3 Å². The van der Waals surface area contributed by atoms with Gasteiger partial charge >= 0.3 is 5.97 Å². The van der Waals surface area contributed by atoms with Gasteiger partial charge in [0.15, 0.2) is 11.6 Å². The van der Waals surface area contributed by atoms with Gasteiger partial charge < -0.3 is 30.6 Å². The van der Waals surface area contributed by atoms with Crippen LogP contribution in [0.2, 0.25) is 15.1 Å². The fourth-order valence-electron chi connectivity index (χ4n) is 4.61. The number of aliphatic hydroxyl groups is 1. The molecule has 4 N–H and O–H groups in total. The van der Waals surface area contributed by atoms with Crippen LogP contribution in [-0.4, -0.2) is 47.1 Å². The molecule has 2 aromatic carbocycles. The number of benzene rings is 2. The van der Waals surface area contributed by atoms with Crippen LogP contribution in [0.25, 0.3) is 0 Å². The zero-order valence-corrected chi connectivity index (χ0v) is 23.2. The summed E-state index contributed by atoms with van der Waals surface area (Å²) in [6.45, 7) is 0.124. The van der Waals surface area contributed by atoms with Crippen molar-refractivity contribution in [1.82, 2.24) is 4.98 Å². The van der Waals surface area contributed by atoms with E-state index in [0.717, 1.165) is 30.7 Å². The van der Waals surface area contributed by atoms with Crippen molar-refractivity contribution in [2.45, 2.75) is 18.4 Å². The molecular weight excluding hydrogens is 582 g/mol. The normalized spacial score (nSPS) is 16.6. The number of pyridine rings is 1. The lowest BCUT2D eigenvalue weighted by atomic mass is 9.86. The van der Waals surface area contributed by atoms with Gasteiger partial charge in [0, 0.05) is 18.0 Å². The van der Waals surface area contributed by atoms with E-state index in [4.69, 9.17) is 50.1 Å². The van der Waals surface area contributed by atoms with Crippen LogP contribution in [0, 0.1) is 17.1 Å². The van der Waals surface area contributed by atoms with Gasteiger partial charge in [-0.2, -0.15) is 0 Å². The van der Waals surface area contributed by atoms with Gasteiger partial charge in [0.25, 0.3) is 0 Å². The molecule has 0 unspecified atom stereocenters. The van der Waals surface area contributed by atoms with E-state index < -0.39 is 17.4 Å². The molecule has 0 atom stereocenters. The van der Waals surface area contributed by atoms with Gasteiger partial charge in [-0.3, -0.25) is 0 Å². The number of allylic oxidation sites excluding steroid dienone is 1. The van der Waals surface area contributed by atoms with Crippen molar-refractivity contribution in [3.05, 3.63) is 91.9 Å². The molecule has 1 aromatic heterocycles. The lowest BCUT2D eigenvalue weighted by molar-refractivity contribution is 0.00670. The molecule has 2 fully saturated rings. The molecule has 0 amide bonds. The fourth-order valence-corrected chi connectivity index (χ4v) is 5.45. The average molecular weight is 606 g/mol. The number of aromatic carboxylic acids is 1. The van der Waals surface area contributed by atoms with Crippen LogP contribution in [0.4, 0.5) is 15.9 Å². The molecule has 0 spiro atoms. The van der Waals surface area contributed by atoms with Crippen molar-refractivity contribution < 1.29 is 24.1 Å². The predicted molar refractivity (Wildman–Crippen MR) is 153 cm³/mol. The first-order valence-corrected chi connectivity index (χ1v) is 13.5. The first-order valence-electron chi connectivity index (χ1n) is 12.3. The number of nitrogens with one attached hydrogen (secondary N) is 2. The molecule has 2 heterocycles. The lowest BCUT2D eigenvalue weighted by Gasteiger charge is -2.47. The molecule has 2 aliphatic rings. The second kappa shape index (κ2) is 11.2. The van der Waals surface area contributed by atoms with Crippen molar-refractivity contribution in [2.75, 3.05) is 29.9 Å². The largest absolute Gasteiger partial charge is 0.487 e. The summed E-state index contributed by atoms with van der Waals surface area (Å²) >= 11 is 19.2. The molecule has 12 heteroatoms. The minimum Gasteiger partial charge on any atom is -0.487 e. The Bertz CT molecular complexity index is 1500. The molecule has 1 aliphatic carbocycles. The van der Waals surface area contributed by atoms with E-state index in [-0.39, 0.29) is 42.0 Å². The van der Waals surface area contributed by atoms with Crippen LogP contribution >= 0.6 is 34.8 Å². The average Bonchev–Trinajstić information content (AvgIpc) is 3.73. The molecule has 5 rings (SSSR count). The lowest BCUT2D eigenvalue weighted by Crippen LogP contribution is -2.60. The summed E-state index contributed by atoms with van der Waals surface area (Å²) in [7, 11) is 0. The van der Waals surface area contributed by atoms with Gasteiger partial charge in [0.2, 0.25) is 0 Å². The number of carbonyl (C=O) groups is 1. The molecule has 1 saturated carbocycles. The third-order valence-corrected chi connectivity index (χ3v) is 7.80. The Labute approximate surface area is 244 Å². The van der Waals surface area contributed by atoms with Gasteiger partial charge in [-0.25, -0.2) is 14.2 Å². The van der Waals surface area contributed by atoms with Crippen molar-refractivity contribution in [3.63, 3.8) is 0 Å². The van der Waals surface area contributed by atoms with Crippen LogP contribution in [0.5, 0.6) is 5.75 Å². The Morgan fingerprint density at radius 3 is 2.45 bits per heavy atom. The van der Waals surface area contributed by atoms with Gasteiger partial charge in [0.1, 0.15) is 18.0 Å². The van der Waals surface area contributed by atoms with Crippen molar-refractivity contribution >= 4 is 58.5 Å². The third kappa shape index (κ3) is 5.74. The number of aromatic nitrogens is 1. The van der Waals surface area contributed by atoms with Crippen molar-refractivity contribution in [3.8, 4) is 5.75 Å². The number of β-amino-alcohol motifs (C(OH)–C–C–N with tert-alkyl or cyclic N) is 1. The molecule has 0 bridgehead atoms. The van der Waals surface area contributed by atoms with E-state index in [1.807, 2.05) is 0 Å². The number of rotatable bonds is 10. The summed E-state index contributed by atoms with van der Waals surface area (Å²) in [4.78, 5) is 16.4. The molecule has 1 aliphatic heterocycles. The van der Waals surface area contributed by atoms with Crippen LogP contribution in [0.15, 0.2) is 59.9 Å². The molecule has 40 heavy (non-hydrogen) atoms. The van der Waals surface area contributed by atoms with E-state index in [1.165, 1.54) is 11.1 Å². The molecule has 0 radical (unpaired) electrons. The van der Waals surface area contributed by atoms with E-state index in [9.17, 15) is 14.3 Å². The molecule has 8 nitrogen and oxygen atoms in total. The summed E-state index contributed by atoms with van der Waals surface area (Å²) < 4.78 is 20.4. The Balaban J connectivity index is 1.30. The number of hydrogen-bond acceptors (Lipinski definition) is 7. The first kappa shape index (κ1) is 28.2. The minimum absolute atomic E-state index is 0.0166. The summed E-state index contributed by atoms with van der Waals surface area (Å²) in [5.41, 5.74) is 0.809. The number of halogens is 4. The van der Waals surface area contributed by atoms with Crippen LogP contribution in [0.1, 0.15) is 28.8 Å². The highest BCUT2D eigenvalue weighted by Gasteiger charge is 2.45. The van der Waals surface area contributed by atoms with Crippen molar-refractivity contribution in [2.24, 2.45) is 5.92 Å². The maximum atomic E-state index is 14.4. The number of carboxylic acids is 1. The minimum atomic E-state index is -1.36. The SMILES string of the molecule is N=C/C(=C(/COc1ccc(C2(O)CN(c3ncc(C(=O)O)cc3F)C2)c(Cl)c1)Nc1c(Cl)cccc1Cl)C1CC1. The predicted octanol–water partition coefficient (Wildman–Crippen LogP) is 6.39. The topological polar surface area (TPSA) is 119 Å². The maximum absolute atomic E-state index is 14.4. The highest BCUT2D eigenvalue weighted by molar-refractivity contribution is 6.39. The van der Waals surface area contributed by atoms with Crippen molar-refractivity contribution in [1.29, 1.82) is 5.41 Å². The van der Waals surface area contributed by atoms with Gasteiger partial charge in [0.05, 0.1) is 45.1 Å². The van der Waals surface area contributed by atoms with E-state index in [0.29, 0.717) is 32.7 Å². The quantitative estimate of drug-likeness (QED) is 0.198. The number of nitrogens with zero attached hydrogens (tertiary/aromatic N) is 2. The Morgan fingerprint density at radius 1 is 1.18 bits per heavy atom. The number of hydrogen-bond donors (Lipinski definition) is 4. The smallest absolute Gasteiger partial charge is 0.337 e. The van der Waals surface area contributed by atoms with E-state index >= 15 is 0 Å². The second-order valence-corrected chi connectivity index (χ2v) is 10.9. The van der Waals surface area contributed by atoms with Gasteiger partial charge in [-0.15, -0.1) is 0 Å². The monoisotopic (exact) mass is 604 g/mol. The summed E-state index contributed by atoms with van der Waals surface area (Å²) in [5, 5.41) is 32.5.